The molecule has 2 atom stereocenters. The van der Waals surface area contributed by atoms with E-state index in [4.69, 9.17) is 11.6 Å². The third-order valence-corrected chi connectivity index (χ3v) is 8.38. The number of hydrogen-bond donors (Lipinski definition) is 1. The number of fused-ring (bicyclic) bond motifs is 1. The van der Waals surface area contributed by atoms with Crippen molar-refractivity contribution in [2.24, 2.45) is 11.8 Å². The van der Waals surface area contributed by atoms with Gasteiger partial charge in [-0.25, -0.2) is 13.2 Å². The molecule has 0 bridgehead atoms. The zero-order chi connectivity index (χ0) is 25.4. The van der Waals surface area contributed by atoms with Crippen LogP contribution in [0.25, 0.3) is 0 Å². The minimum atomic E-state index is -3.44. The van der Waals surface area contributed by atoms with Gasteiger partial charge >= 0.3 is 6.03 Å². The molecule has 1 aromatic heterocycles. The summed E-state index contributed by atoms with van der Waals surface area (Å²) < 4.78 is 26.2. The normalized spacial score (nSPS) is 23.3. The lowest BCUT2D eigenvalue weighted by Gasteiger charge is -2.34. The number of carbonyl (C=O) groups excluding carboxylic acids is 1. The summed E-state index contributed by atoms with van der Waals surface area (Å²) in [4.78, 5) is 21.9. The highest BCUT2D eigenvalue weighted by Crippen LogP contribution is 2.37. The molecule has 0 saturated carbocycles. The highest BCUT2D eigenvalue weighted by atomic mass is 35.5. The molecule has 3 aliphatic heterocycles. The molecule has 0 radical (unpaired) electrons. The number of anilines is 2. The monoisotopic (exact) mass is 535 g/mol. The Morgan fingerprint density at radius 2 is 1.75 bits per heavy atom. The zero-order valence-corrected chi connectivity index (χ0v) is 22.4. The van der Waals surface area contributed by atoms with Gasteiger partial charge in [-0.1, -0.05) is 24.6 Å². The Morgan fingerprint density at radius 3 is 2.39 bits per heavy atom. The average molecular weight is 536 g/mol. The second-order valence-corrected chi connectivity index (χ2v) is 12.3. The Balaban J connectivity index is 1.15. The van der Waals surface area contributed by atoms with Gasteiger partial charge in [0.25, 0.3) is 0 Å². The van der Waals surface area contributed by atoms with Crippen molar-refractivity contribution in [3.63, 3.8) is 0 Å². The van der Waals surface area contributed by atoms with Crippen molar-refractivity contribution in [2.75, 3.05) is 74.8 Å². The van der Waals surface area contributed by atoms with Crippen LogP contribution < -0.4 is 9.62 Å². The molecule has 1 amide bonds. The molecule has 3 saturated heterocycles. The molecule has 10 nitrogen and oxygen atoms in total. The van der Waals surface area contributed by atoms with Crippen molar-refractivity contribution in [2.45, 2.75) is 13.5 Å². The van der Waals surface area contributed by atoms with Crippen LogP contribution >= 0.6 is 11.6 Å². The number of sulfonamides is 1. The quantitative estimate of drug-likeness (QED) is 0.605. The number of amides is 1. The van der Waals surface area contributed by atoms with Crippen LogP contribution in [0.2, 0.25) is 5.02 Å². The van der Waals surface area contributed by atoms with E-state index in [9.17, 15) is 13.2 Å². The molecule has 2 aromatic rings. The summed E-state index contributed by atoms with van der Waals surface area (Å²) in [5.41, 5.74) is 2.36. The predicted octanol–water partition coefficient (Wildman–Crippen LogP) is 2.08. The smallest absolute Gasteiger partial charge is 0.344 e. The summed E-state index contributed by atoms with van der Waals surface area (Å²) in [7, 11) is -3.44. The maximum absolute atomic E-state index is 12.8. The van der Waals surface area contributed by atoms with E-state index in [0.29, 0.717) is 13.1 Å². The van der Waals surface area contributed by atoms with Gasteiger partial charge in [0.1, 0.15) is 0 Å². The number of likely N-dealkylation sites (tertiary alicyclic amines) is 1. The van der Waals surface area contributed by atoms with Crippen LogP contribution in [0.5, 0.6) is 0 Å². The van der Waals surface area contributed by atoms with Gasteiger partial charge in [0.15, 0.2) is 5.82 Å². The van der Waals surface area contributed by atoms with E-state index >= 15 is 0 Å². The molecule has 4 heterocycles. The second kappa shape index (κ2) is 10.2. The Morgan fingerprint density at radius 1 is 1.06 bits per heavy atom. The lowest BCUT2D eigenvalue weighted by Crippen LogP contribution is -2.49. The van der Waals surface area contributed by atoms with Crippen LogP contribution in [-0.2, 0) is 16.6 Å². The Hall–Kier alpha value is -2.34. The molecular weight excluding hydrogens is 502 g/mol. The average Bonchev–Trinajstić information content (AvgIpc) is 3.54. The molecule has 1 aromatic carbocycles. The summed E-state index contributed by atoms with van der Waals surface area (Å²) in [6.07, 6.45) is 2.52. The maximum atomic E-state index is 12.8. The minimum absolute atomic E-state index is 0.132. The molecule has 0 aliphatic carbocycles. The minimum Gasteiger partial charge on any atom is -0.370 e. The van der Waals surface area contributed by atoms with Gasteiger partial charge in [-0.3, -0.25) is 9.62 Å². The van der Waals surface area contributed by atoms with Crippen molar-refractivity contribution >= 4 is 39.2 Å². The van der Waals surface area contributed by atoms with E-state index in [1.165, 1.54) is 35.6 Å². The number of benzene rings is 1. The molecule has 3 fully saturated rings. The third-order valence-electron chi connectivity index (χ3n) is 7.48. The predicted molar refractivity (Wildman–Crippen MR) is 141 cm³/mol. The highest BCUT2D eigenvalue weighted by molar-refractivity contribution is 7.92. The summed E-state index contributed by atoms with van der Waals surface area (Å²) >= 11 is 6.62. The summed E-state index contributed by atoms with van der Waals surface area (Å²) in [6.45, 7) is 11.3. The molecule has 12 heteroatoms. The fourth-order valence-electron chi connectivity index (χ4n) is 5.62. The van der Waals surface area contributed by atoms with E-state index in [0.717, 1.165) is 68.1 Å². The van der Waals surface area contributed by atoms with E-state index in [2.05, 4.69) is 43.6 Å². The first-order chi connectivity index (χ1) is 17.2. The van der Waals surface area contributed by atoms with Crippen LogP contribution in [0.1, 0.15) is 12.5 Å². The number of halogens is 1. The van der Waals surface area contributed by atoms with Crippen LogP contribution in [-0.4, -0.2) is 104 Å². The first-order valence-corrected chi connectivity index (χ1v) is 14.8. The first kappa shape index (κ1) is 25.3. The van der Waals surface area contributed by atoms with Crippen molar-refractivity contribution in [3.8, 4) is 0 Å². The molecule has 196 valence electrons. The van der Waals surface area contributed by atoms with Crippen molar-refractivity contribution in [3.05, 3.63) is 41.0 Å². The standard InChI is InChI=1S/C24H34ClN7O3S/c1-3-28-14-19-16-31(17-20(19)15-28)22-12-18(4-5-21(22)25)13-29-8-10-30(11-9-29)24(33)32-7-6-23(26-32)27-36(2,34)35/h4-7,12,19-20H,3,8-11,13-17H2,1-2H3,(H,26,27). The summed E-state index contributed by atoms with van der Waals surface area (Å²) in [6, 6.07) is 7.56. The number of nitrogens with one attached hydrogen (secondary N) is 1. The van der Waals surface area contributed by atoms with Crippen molar-refractivity contribution in [1.29, 1.82) is 0 Å². The van der Waals surface area contributed by atoms with Gasteiger partial charge in [0.05, 0.1) is 17.0 Å². The molecule has 5 rings (SSSR count). The topological polar surface area (TPSA) is 94.0 Å². The molecular formula is C24H34ClN7O3S. The second-order valence-electron chi connectivity index (χ2n) is 10.1. The molecule has 0 spiro atoms. The van der Waals surface area contributed by atoms with Gasteiger partial charge in [-0.2, -0.15) is 4.68 Å². The number of nitrogens with zero attached hydrogens (tertiary/aromatic N) is 6. The number of carbonyl (C=O) groups is 1. The molecule has 3 aliphatic rings. The highest BCUT2D eigenvalue weighted by Gasteiger charge is 2.39. The van der Waals surface area contributed by atoms with E-state index in [1.807, 2.05) is 6.07 Å². The Bertz CT molecular complexity index is 1200. The van der Waals surface area contributed by atoms with Crippen LogP contribution in [0.3, 0.4) is 0 Å². The Labute approximate surface area is 217 Å². The van der Waals surface area contributed by atoms with Crippen molar-refractivity contribution < 1.29 is 13.2 Å². The summed E-state index contributed by atoms with van der Waals surface area (Å²) in [5, 5.41) is 4.86. The van der Waals surface area contributed by atoms with Crippen molar-refractivity contribution in [1.82, 2.24) is 24.5 Å². The summed E-state index contributed by atoms with van der Waals surface area (Å²) in [5.74, 6) is 1.58. The molecule has 1 N–H and O–H groups in total. The molecule has 36 heavy (non-hydrogen) atoms. The number of piperazine rings is 1. The first-order valence-electron chi connectivity index (χ1n) is 12.5. The lowest BCUT2D eigenvalue weighted by molar-refractivity contribution is 0.134. The fraction of sp³-hybridized carbons (Fsp3) is 0.583. The maximum Gasteiger partial charge on any atom is 0.344 e. The third kappa shape index (κ3) is 5.64. The number of rotatable bonds is 6. The Kier molecular flexibility index (Phi) is 7.17. The van der Waals surface area contributed by atoms with Gasteiger partial charge < -0.3 is 14.7 Å². The lowest BCUT2D eigenvalue weighted by atomic mass is 10.0. The van der Waals surface area contributed by atoms with Crippen LogP contribution in [0.15, 0.2) is 30.5 Å². The fourth-order valence-corrected chi connectivity index (χ4v) is 6.35. The van der Waals surface area contributed by atoms with E-state index in [-0.39, 0.29) is 11.8 Å². The van der Waals surface area contributed by atoms with Gasteiger partial charge in [-0.15, -0.1) is 5.10 Å². The van der Waals surface area contributed by atoms with Gasteiger partial charge in [0, 0.05) is 71.2 Å². The largest absolute Gasteiger partial charge is 0.370 e. The zero-order valence-electron chi connectivity index (χ0n) is 20.8. The van der Waals surface area contributed by atoms with Crippen LogP contribution in [0.4, 0.5) is 16.3 Å². The van der Waals surface area contributed by atoms with E-state index in [1.54, 1.807) is 4.90 Å². The van der Waals surface area contributed by atoms with E-state index < -0.39 is 10.0 Å². The molecule has 2 unspecified atom stereocenters. The van der Waals surface area contributed by atoms with Gasteiger partial charge in [0.2, 0.25) is 10.0 Å². The van der Waals surface area contributed by atoms with Crippen LogP contribution in [0, 0.1) is 11.8 Å². The number of hydrogen-bond acceptors (Lipinski definition) is 7. The SMILES string of the molecule is CCN1CC2CN(c3cc(CN4CCN(C(=O)n5ccc(NS(C)(=O)=O)n5)CC4)ccc3Cl)CC2C1. The van der Waals surface area contributed by atoms with Gasteiger partial charge in [-0.05, 0) is 36.1 Å². The number of aromatic nitrogens is 2.